The molecule has 4 heteroatoms. The van der Waals surface area contributed by atoms with Gasteiger partial charge in [-0.05, 0) is 22.9 Å². The molecule has 1 amide bonds. The lowest BCUT2D eigenvalue weighted by atomic mass is 10.0. The van der Waals surface area contributed by atoms with Crippen molar-refractivity contribution in [3.63, 3.8) is 0 Å². The summed E-state index contributed by atoms with van der Waals surface area (Å²) in [7, 11) is 0. The summed E-state index contributed by atoms with van der Waals surface area (Å²) < 4.78 is 0. The average Bonchev–Trinajstić information content (AvgIpc) is 3.06. The molecule has 1 N–H and O–H groups in total. The van der Waals surface area contributed by atoms with Crippen molar-refractivity contribution in [3.05, 3.63) is 64.9 Å². The molecular formula is C18H14N2OS. The van der Waals surface area contributed by atoms with Gasteiger partial charge in [-0.15, -0.1) is 11.3 Å². The quantitative estimate of drug-likeness (QED) is 0.784. The monoisotopic (exact) mass is 306 g/mol. The SMILES string of the molecule is N#C[C@@H](Cc1cccs1)C(=O)Nc1cccc2ccccc12. The Balaban J connectivity index is 1.81. The van der Waals surface area contributed by atoms with E-state index in [-0.39, 0.29) is 5.91 Å². The van der Waals surface area contributed by atoms with Gasteiger partial charge in [0.15, 0.2) is 0 Å². The van der Waals surface area contributed by atoms with Crippen LogP contribution in [0.3, 0.4) is 0 Å². The molecule has 1 atom stereocenters. The third kappa shape index (κ3) is 3.00. The number of fused-ring (bicyclic) bond motifs is 1. The van der Waals surface area contributed by atoms with Gasteiger partial charge in [0.05, 0.1) is 6.07 Å². The van der Waals surface area contributed by atoms with Gasteiger partial charge >= 0.3 is 0 Å². The van der Waals surface area contributed by atoms with Gasteiger partial charge in [-0.2, -0.15) is 5.26 Å². The van der Waals surface area contributed by atoms with Crippen LogP contribution < -0.4 is 5.32 Å². The van der Waals surface area contributed by atoms with E-state index in [2.05, 4.69) is 11.4 Å². The fourth-order valence-electron chi connectivity index (χ4n) is 2.38. The lowest BCUT2D eigenvalue weighted by molar-refractivity contribution is -0.118. The second-order valence-electron chi connectivity index (χ2n) is 4.98. The van der Waals surface area contributed by atoms with Gasteiger partial charge in [0.25, 0.3) is 0 Å². The highest BCUT2D eigenvalue weighted by Crippen LogP contribution is 2.24. The fraction of sp³-hybridized carbons (Fsp3) is 0.111. The second kappa shape index (κ2) is 6.42. The molecule has 0 saturated heterocycles. The third-order valence-electron chi connectivity index (χ3n) is 3.51. The predicted molar refractivity (Wildman–Crippen MR) is 89.7 cm³/mol. The second-order valence-corrected chi connectivity index (χ2v) is 6.01. The summed E-state index contributed by atoms with van der Waals surface area (Å²) in [6, 6.07) is 19.6. The number of carbonyl (C=O) groups excluding carboxylic acids is 1. The molecule has 1 aromatic heterocycles. The first-order valence-corrected chi connectivity index (χ1v) is 7.86. The molecule has 0 radical (unpaired) electrons. The lowest BCUT2D eigenvalue weighted by Crippen LogP contribution is -2.23. The minimum absolute atomic E-state index is 0.257. The largest absolute Gasteiger partial charge is 0.324 e. The molecule has 3 rings (SSSR count). The van der Waals surface area contributed by atoms with Crippen LogP contribution in [0.1, 0.15) is 4.88 Å². The first-order chi connectivity index (χ1) is 10.8. The van der Waals surface area contributed by atoms with Crippen molar-refractivity contribution in [1.82, 2.24) is 0 Å². The molecule has 0 aliphatic heterocycles. The summed E-state index contributed by atoms with van der Waals surface area (Å²) in [6.45, 7) is 0. The van der Waals surface area contributed by atoms with Gasteiger partial charge in [0.1, 0.15) is 5.92 Å². The minimum Gasteiger partial charge on any atom is -0.324 e. The number of carbonyl (C=O) groups is 1. The molecule has 0 bridgehead atoms. The fourth-order valence-corrected chi connectivity index (χ4v) is 3.13. The maximum absolute atomic E-state index is 12.4. The van der Waals surface area contributed by atoms with E-state index in [0.717, 1.165) is 21.3 Å². The van der Waals surface area contributed by atoms with E-state index in [4.69, 9.17) is 0 Å². The van der Waals surface area contributed by atoms with E-state index in [1.165, 1.54) is 0 Å². The Morgan fingerprint density at radius 2 is 1.95 bits per heavy atom. The van der Waals surface area contributed by atoms with Gasteiger partial charge in [-0.25, -0.2) is 0 Å². The van der Waals surface area contributed by atoms with Crippen molar-refractivity contribution >= 4 is 33.7 Å². The van der Waals surface area contributed by atoms with Crippen molar-refractivity contribution in [3.8, 4) is 6.07 Å². The first kappa shape index (κ1) is 14.3. The molecule has 3 nitrogen and oxygen atoms in total. The first-order valence-electron chi connectivity index (χ1n) is 6.98. The molecule has 3 aromatic rings. The number of hydrogen-bond donors (Lipinski definition) is 1. The number of hydrogen-bond acceptors (Lipinski definition) is 3. The normalized spacial score (nSPS) is 11.8. The Kier molecular flexibility index (Phi) is 4.17. The van der Waals surface area contributed by atoms with Gasteiger partial charge in [-0.1, -0.05) is 42.5 Å². The van der Waals surface area contributed by atoms with E-state index in [0.29, 0.717) is 6.42 Å². The van der Waals surface area contributed by atoms with Gasteiger partial charge in [0, 0.05) is 22.4 Å². The Morgan fingerprint density at radius 1 is 1.14 bits per heavy atom. The Morgan fingerprint density at radius 3 is 2.73 bits per heavy atom. The topological polar surface area (TPSA) is 52.9 Å². The maximum Gasteiger partial charge on any atom is 0.242 e. The number of nitrogens with zero attached hydrogens (tertiary/aromatic N) is 1. The molecule has 0 unspecified atom stereocenters. The molecule has 0 aliphatic carbocycles. The van der Waals surface area contributed by atoms with Crippen molar-refractivity contribution in [2.24, 2.45) is 5.92 Å². The van der Waals surface area contributed by atoms with Crippen LogP contribution in [0.15, 0.2) is 60.0 Å². The Bertz CT molecular complexity index is 828. The molecule has 0 saturated carbocycles. The summed E-state index contributed by atoms with van der Waals surface area (Å²) in [6.07, 6.45) is 0.449. The van der Waals surface area contributed by atoms with Gasteiger partial charge in [-0.3, -0.25) is 4.79 Å². The Hall–Kier alpha value is -2.64. The number of amides is 1. The van der Waals surface area contributed by atoms with Crippen molar-refractivity contribution in [2.75, 3.05) is 5.32 Å². The molecule has 108 valence electrons. The van der Waals surface area contributed by atoms with E-state index in [1.54, 1.807) is 11.3 Å². The van der Waals surface area contributed by atoms with E-state index < -0.39 is 5.92 Å². The number of rotatable bonds is 4. The van der Waals surface area contributed by atoms with Crippen LogP contribution >= 0.6 is 11.3 Å². The molecule has 22 heavy (non-hydrogen) atoms. The summed E-state index contributed by atoms with van der Waals surface area (Å²) in [4.78, 5) is 13.4. The zero-order valence-electron chi connectivity index (χ0n) is 11.8. The van der Waals surface area contributed by atoms with E-state index in [9.17, 15) is 10.1 Å². The summed E-state index contributed by atoms with van der Waals surface area (Å²) in [5.74, 6) is -0.940. The van der Waals surface area contributed by atoms with E-state index in [1.807, 2.05) is 60.0 Å². The minimum atomic E-state index is -0.683. The highest BCUT2D eigenvalue weighted by atomic mass is 32.1. The predicted octanol–water partition coefficient (Wildman–Crippen LogP) is 4.22. The third-order valence-corrected chi connectivity index (χ3v) is 4.40. The maximum atomic E-state index is 12.4. The van der Waals surface area contributed by atoms with Crippen molar-refractivity contribution < 1.29 is 4.79 Å². The van der Waals surface area contributed by atoms with Crippen LogP contribution in [-0.2, 0) is 11.2 Å². The number of nitrogens with one attached hydrogen (secondary N) is 1. The Labute approximate surface area is 132 Å². The number of benzene rings is 2. The smallest absolute Gasteiger partial charge is 0.242 e. The number of anilines is 1. The molecular weight excluding hydrogens is 292 g/mol. The van der Waals surface area contributed by atoms with Gasteiger partial charge < -0.3 is 5.32 Å². The van der Waals surface area contributed by atoms with Crippen LogP contribution in [0.5, 0.6) is 0 Å². The highest BCUT2D eigenvalue weighted by molar-refractivity contribution is 7.09. The van der Waals surface area contributed by atoms with Gasteiger partial charge in [0.2, 0.25) is 5.91 Å². The summed E-state index contributed by atoms with van der Waals surface area (Å²) in [5, 5.41) is 16.2. The lowest BCUT2D eigenvalue weighted by Gasteiger charge is -2.11. The summed E-state index contributed by atoms with van der Waals surface area (Å²) in [5.41, 5.74) is 0.745. The average molecular weight is 306 g/mol. The number of thiophene rings is 1. The number of nitriles is 1. The van der Waals surface area contributed by atoms with Crippen LogP contribution in [0.25, 0.3) is 10.8 Å². The zero-order valence-corrected chi connectivity index (χ0v) is 12.6. The molecule has 1 heterocycles. The van der Waals surface area contributed by atoms with Crippen LogP contribution in [0.4, 0.5) is 5.69 Å². The van der Waals surface area contributed by atoms with Crippen LogP contribution in [0, 0.1) is 17.2 Å². The summed E-state index contributed by atoms with van der Waals surface area (Å²) >= 11 is 1.56. The standard InChI is InChI=1S/C18H14N2OS/c19-12-14(11-15-7-4-10-22-15)18(21)20-17-9-3-6-13-5-1-2-8-16(13)17/h1-10,14H,11H2,(H,20,21)/t14-/m1/s1. The molecule has 0 aliphatic rings. The van der Waals surface area contributed by atoms with Crippen LogP contribution in [-0.4, -0.2) is 5.91 Å². The van der Waals surface area contributed by atoms with Crippen molar-refractivity contribution in [1.29, 1.82) is 5.26 Å². The zero-order chi connectivity index (χ0) is 15.4. The van der Waals surface area contributed by atoms with Crippen molar-refractivity contribution in [2.45, 2.75) is 6.42 Å². The molecule has 0 spiro atoms. The van der Waals surface area contributed by atoms with E-state index >= 15 is 0 Å². The molecule has 2 aromatic carbocycles. The molecule has 0 fully saturated rings. The van der Waals surface area contributed by atoms with Crippen LogP contribution in [0.2, 0.25) is 0 Å². The highest BCUT2D eigenvalue weighted by Gasteiger charge is 2.19.